The number of hydrogen-bond acceptors (Lipinski definition) is 1. The first-order valence-corrected chi connectivity index (χ1v) is 3.58. The summed E-state index contributed by atoms with van der Waals surface area (Å²) in [5, 5.41) is 2.76. The minimum absolute atomic E-state index is 0.0781. The van der Waals surface area contributed by atoms with E-state index in [1.165, 1.54) is 0 Å². The lowest BCUT2D eigenvalue weighted by molar-refractivity contribution is -0.120. The fourth-order valence-electron chi connectivity index (χ4n) is 0.601. The summed E-state index contributed by atoms with van der Waals surface area (Å²) in [6.45, 7) is 8.29. The number of rotatable bonds is 4. The molecule has 0 heterocycles. The lowest BCUT2D eigenvalue weighted by atomic mass is 10.2. The van der Waals surface area contributed by atoms with Crippen LogP contribution < -0.4 is 5.32 Å². The monoisotopic (exact) mass is 141 g/mol. The molecule has 0 atom stereocenters. The third-order valence-electron chi connectivity index (χ3n) is 1.03. The van der Waals surface area contributed by atoms with Gasteiger partial charge in [0.05, 0.1) is 0 Å². The van der Waals surface area contributed by atoms with Crippen molar-refractivity contribution >= 4 is 5.91 Å². The van der Waals surface area contributed by atoms with E-state index in [1.54, 1.807) is 0 Å². The minimum atomic E-state index is 0.0781. The Hall–Kier alpha value is -0.790. The Kier molecular flexibility index (Phi) is 4.63. The first kappa shape index (κ1) is 9.21. The first-order valence-electron chi connectivity index (χ1n) is 3.58. The molecule has 0 spiro atoms. The van der Waals surface area contributed by atoms with Gasteiger partial charge in [0.15, 0.2) is 0 Å². The lowest BCUT2D eigenvalue weighted by Gasteiger charge is -2.01. The highest BCUT2D eigenvalue weighted by Gasteiger charge is 1.97. The molecule has 2 heteroatoms. The highest BCUT2D eigenvalue weighted by molar-refractivity contribution is 5.78. The van der Waals surface area contributed by atoms with Crippen molar-refractivity contribution < 1.29 is 4.79 Å². The Labute approximate surface area is 62.3 Å². The van der Waals surface area contributed by atoms with Crippen LogP contribution in [0.3, 0.4) is 0 Å². The van der Waals surface area contributed by atoms with Gasteiger partial charge in [0.1, 0.15) is 0 Å². The molecule has 0 aliphatic heterocycles. The van der Waals surface area contributed by atoms with Crippen molar-refractivity contribution in [2.24, 2.45) is 0 Å². The van der Waals surface area contributed by atoms with E-state index in [4.69, 9.17) is 0 Å². The van der Waals surface area contributed by atoms with Gasteiger partial charge < -0.3 is 5.32 Å². The number of hydrogen-bond donors (Lipinski definition) is 1. The summed E-state index contributed by atoms with van der Waals surface area (Å²) in [4.78, 5) is 10.8. The smallest absolute Gasteiger partial charge is 0.224 e. The van der Waals surface area contributed by atoms with E-state index in [1.807, 2.05) is 13.8 Å². The molecule has 10 heavy (non-hydrogen) atoms. The second-order valence-electron chi connectivity index (χ2n) is 2.48. The average Bonchev–Trinajstić information content (AvgIpc) is 1.82. The van der Waals surface area contributed by atoms with Crippen LogP contribution in [0.4, 0.5) is 0 Å². The van der Waals surface area contributed by atoms with Crippen molar-refractivity contribution in [3.05, 3.63) is 12.2 Å². The number of amides is 1. The summed E-state index contributed by atoms with van der Waals surface area (Å²) in [6, 6.07) is 0. The van der Waals surface area contributed by atoms with Gasteiger partial charge in [-0.25, -0.2) is 0 Å². The van der Waals surface area contributed by atoms with E-state index in [2.05, 4.69) is 11.9 Å². The van der Waals surface area contributed by atoms with Crippen molar-refractivity contribution in [3.8, 4) is 0 Å². The summed E-state index contributed by atoms with van der Waals surface area (Å²) in [7, 11) is 0. The summed E-state index contributed by atoms with van der Waals surface area (Å²) >= 11 is 0. The molecule has 0 fully saturated rings. The molecule has 0 radical (unpaired) electrons. The zero-order chi connectivity index (χ0) is 7.98. The topological polar surface area (TPSA) is 29.1 Å². The van der Waals surface area contributed by atoms with Crippen LogP contribution in [0.2, 0.25) is 0 Å². The van der Waals surface area contributed by atoms with Gasteiger partial charge >= 0.3 is 0 Å². The summed E-state index contributed by atoms with van der Waals surface area (Å²) in [5.74, 6) is 0.0781. The Morgan fingerprint density at radius 1 is 1.60 bits per heavy atom. The summed E-state index contributed by atoms with van der Waals surface area (Å²) in [5.41, 5.74) is 0.911. The normalized spacial score (nSPS) is 9.00. The van der Waals surface area contributed by atoms with Crippen LogP contribution in [0, 0.1) is 0 Å². The van der Waals surface area contributed by atoms with Gasteiger partial charge in [-0.15, -0.1) is 0 Å². The maximum atomic E-state index is 10.8. The molecule has 2 nitrogen and oxygen atoms in total. The van der Waals surface area contributed by atoms with Crippen LogP contribution >= 0.6 is 0 Å². The fraction of sp³-hybridized carbons (Fsp3) is 0.625. The highest BCUT2D eigenvalue weighted by Crippen LogP contribution is 1.93. The van der Waals surface area contributed by atoms with Gasteiger partial charge in [0.2, 0.25) is 5.91 Å². The largest absolute Gasteiger partial charge is 0.356 e. The molecule has 1 N–H and O–H groups in total. The maximum absolute atomic E-state index is 10.8. The third-order valence-corrected chi connectivity index (χ3v) is 1.03. The molecule has 0 unspecified atom stereocenters. The molecular formula is C8H15NO. The van der Waals surface area contributed by atoms with E-state index in [-0.39, 0.29) is 5.91 Å². The molecule has 0 rings (SSSR count). The van der Waals surface area contributed by atoms with Gasteiger partial charge in [-0.05, 0) is 13.3 Å². The van der Waals surface area contributed by atoms with E-state index < -0.39 is 0 Å². The van der Waals surface area contributed by atoms with Crippen molar-refractivity contribution in [2.75, 3.05) is 6.54 Å². The lowest BCUT2D eigenvalue weighted by Crippen LogP contribution is -2.23. The Morgan fingerprint density at radius 2 is 2.20 bits per heavy atom. The van der Waals surface area contributed by atoms with Crippen molar-refractivity contribution in [1.29, 1.82) is 0 Å². The summed E-state index contributed by atoms with van der Waals surface area (Å²) < 4.78 is 0. The van der Waals surface area contributed by atoms with Crippen LogP contribution in [0.5, 0.6) is 0 Å². The van der Waals surface area contributed by atoms with E-state index in [0.29, 0.717) is 6.42 Å². The van der Waals surface area contributed by atoms with Gasteiger partial charge in [0, 0.05) is 13.0 Å². The van der Waals surface area contributed by atoms with E-state index >= 15 is 0 Å². The highest BCUT2D eigenvalue weighted by atomic mass is 16.1. The molecule has 58 valence electrons. The first-order chi connectivity index (χ1) is 4.66. The van der Waals surface area contributed by atoms with Crippen molar-refractivity contribution in [1.82, 2.24) is 5.32 Å². The maximum Gasteiger partial charge on any atom is 0.224 e. The van der Waals surface area contributed by atoms with Crippen LogP contribution in [-0.2, 0) is 4.79 Å². The van der Waals surface area contributed by atoms with Crippen LogP contribution in [0.15, 0.2) is 12.2 Å². The quantitative estimate of drug-likeness (QED) is 0.590. The fourth-order valence-corrected chi connectivity index (χ4v) is 0.601. The number of carbonyl (C=O) groups excluding carboxylic acids is 1. The zero-order valence-electron chi connectivity index (χ0n) is 6.74. The molecule has 0 aliphatic rings. The number of carbonyl (C=O) groups is 1. The Morgan fingerprint density at radius 3 is 2.60 bits per heavy atom. The van der Waals surface area contributed by atoms with Gasteiger partial charge in [-0.3, -0.25) is 4.79 Å². The molecular weight excluding hydrogens is 126 g/mol. The van der Waals surface area contributed by atoms with Crippen molar-refractivity contribution in [3.63, 3.8) is 0 Å². The van der Waals surface area contributed by atoms with Gasteiger partial charge in [0.25, 0.3) is 0 Å². The van der Waals surface area contributed by atoms with Crippen LogP contribution in [0.25, 0.3) is 0 Å². The third kappa shape index (κ3) is 5.35. The molecule has 0 aromatic heterocycles. The molecule has 0 saturated carbocycles. The standard InChI is InChI=1S/C8H15NO/c1-4-5-9-8(10)6-7(2)3/h2,4-6H2,1,3H3,(H,9,10). The van der Waals surface area contributed by atoms with Crippen LogP contribution in [0.1, 0.15) is 26.7 Å². The molecule has 0 aromatic carbocycles. The molecule has 0 bridgehead atoms. The minimum Gasteiger partial charge on any atom is -0.356 e. The molecule has 0 saturated heterocycles. The van der Waals surface area contributed by atoms with E-state index in [9.17, 15) is 4.79 Å². The van der Waals surface area contributed by atoms with Crippen LogP contribution in [-0.4, -0.2) is 12.5 Å². The summed E-state index contributed by atoms with van der Waals surface area (Å²) in [6.07, 6.45) is 1.45. The van der Waals surface area contributed by atoms with Gasteiger partial charge in [-0.1, -0.05) is 19.1 Å². The molecule has 1 amide bonds. The van der Waals surface area contributed by atoms with Gasteiger partial charge in [-0.2, -0.15) is 0 Å². The molecule has 0 aliphatic carbocycles. The van der Waals surface area contributed by atoms with E-state index in [0.717, 1.165) is 18.5 Å². The molecule has 0 aromatic rings. The number of nitrogens with one attached hydrogen (secondary N) is 1. The predicted molar refractivity (Wildman–Crippen MR) is 42.7 cm³/mol. The Bertz CT molecular complexity index is 129. The SMILES string of the molecule is C=C(C)CC(=O)NCCC. The zero-order valence-corrected chi connectivity index (χ0v) is 6.74. The van der Waals surface area contributed by atoms with Crippen molar-refractivity contribution in [2.45, 2.75) is 26.7 Å². The predicted octanol–water partition coefficient (Wildman–Crippen LogP) is 1.48. The Balaban J connectivity index is 3.35. The second kappa shape index (κ2) is 5.03. The second-order valence-corrected chi connectivity index (χ2v) is 2.48. The average molecular weight is 141 g/mol.